The minimum Gasteiger partial charge on any atom is -0.493 e. The summed E-state index contributed by atoms with van der Waals surface area (Å²) in [6.07, 6.45) is 7.59. The first-order valence-corrected chi connectivity index (χ1v) is 6.85. The predicted octanol–water partition coefficient (Wildman–Crippen LogP) is 3.20. The summed E-state index contributed by atoms with van der Waals surface area (Å²) >= 11 is 0. The lowest BCUT2D eigenvalue weighted by atomic mass is 10.1. The maximum Gasteiger partial charge on any atom is 0.122 e. The monoisotopic (exact) mass is 231 g/mol. The molecule has 2 heteroatoms. The molecule has 92 valence electrons. The molecule has 0 saturated heterocycles. The first kappa shape index (κ1) is 11.1. The van der Waals surface area contributed by atoms with Crippen LogP contribution in [0.1, 0.15) is 49.3 Å². The van der Waals surface area contributed by atoms with Gasteiger partial charge < -0.3 is 10.5 Å². The van der Waals surface area contributed by atoms with Gasteiger partial charge >= 0.3 is 0 Å². The first-order valence-electron chi connectivity index (χ1n) is 6.85. The molecule has 1 aromatic rings. The molecule has 1 unspecified atom stereocenters. The molecule has 1 aromatic carbocycles. The van der Waals surface area contributed by atoms with Crippen molar-refractivity contribution in [1.82, 2.24) is 0 Å². The molecule has 0 spiro atoms. The van der Waals surface area contributed by atoms with Gasteiger partial charge in [0, 0.05) is 6.04 Å². The van der Waals surface area contributed by atoms with Crippen LogP contribution in [0.2, 0.25) is 0 Å². The standard InChI is InChI=1S/C15H21NO/c16-14-9-8-13-12(14)6-3-7-15(13)17-10-11-4-1-2-5-11/h3,6-7,11,14H,1-2,4-5,8-10,16H2. The first-order chi connectivity index (χ1) is 8.34. The van der Waals surface area contributed by atoms with E-state index in [0.717, 1.165) is 31.1 Å². The molecule has 2 aliphatic rings. The van der Waals surface area contributed by atoms with E-state index in [9.17, 15) is 0 Å². The number of ether oxygens (including phenoxy) is 1. The Bertz CT molecular complexity index is 396. The highest BCUT2D eigenvalue weighted by Crippen LogP contribution is 2.36. The summed E-state index contributed by atoms with van der Waals surface area (Å²) in [7, 11) is 0. The quantitative estimate of drug-likeness (QED) is 0.867. The molecule has 0 aliphatic heterocycles. The molecule has 2 N–H and O–H groups in total. The lowest BCUT2D eigenvalue weighted by Gasteiger charge is -2.14. The van der Waals surface area contributed by atoms with E-state index in [4.69, 9.17) is 10.5 Å². The summed E-state index contributed by atoms with van der Waals surface area (Å²) in [5.41, 5.74) is 8.74. The van der Waals surface area contributed by atoms with Gasteiger partial charge in [0.1, 0.15) is 5.75 Å². The van der Waals surface area contributed by atoms with Crippen molar-refractivity contribution in [3.8, 4) is 5.75 Å². The molecule has 0 aromatic heterocycles. The van der Waals surface area contributed by atoms with Crippen LogP contribution in [0.25, 0.3) is 0 Å². The van der Waals surface area contributed by atoms with Gasteiger partial charge in [-0.15, -0.1) is 0 Å². The number of rotatable bonds is 3. The summed E-state index contributed by atoms with van der Waals surface area (Å²) in [6.45, 7) is 0.895. The van der Waals surface area contributed by atoms with Crippen molar-refractivity contribution >= 4 is 0 Å². The smallest absolute Gasteiger partial charge is 0.122 e. The Kier molecular flexibility index (Phi) is 3.06. The van der Waals surface area contributed by atoms with E-state index in [2.05, 4.69) is 18.2 Å². The van der Waals surface area contributed by atoms with Gasteiger partial charge in [0.2, 0.25) is 0 Å². The minimum atomic E-state index is 0.222. The van der Waals surface area contributed by atoms with Crippen LogP contribution in [0.4, 0.5) is 0 Å². The van der Waals surface area contributed by atoms with Crippen molar-refractivity contribution in [2.24, 2.45) is 11.7 Å². The van der Waals surface area contributed by atoms with Crippen LogP contribution in [-0.2, 0) is 6.42 Å². The molecule has 0 heterocycles. The normalized spacial score (nSPS) is 23.9. The number of fused-ring (bicyclic) bond motifs is 1. The molecule has 1 atom stereocenters. The van der Waals surface area contributed by atoms with Gasteiger partial charge in [0.25, 0.3) is 0 Å². The van der Waals surface area contributed by atoms with Gasteiger partial charge in [0.05, 0.1) is 6.61 Å². The number of nitrogens with two attached hydrogens (primary N) is 1. The Morgan fingerprint density at radius 3 is 2.82 bits per heavy atom. The van der Waals surface area contributed by atoms with Crippen LogP contribution >= 0.6 is 0 Å². The second kappa shape index (κ2) is 4.69. The third-order valence-corrected chi connectivity index (χ3v) is 4.22. The molecule has 0 bridgehead atoms. The fourth-order valence-corrected chi connectivity index (χ4v) is 3.17. The van der Waals surface area contributed by atoms with Crippen molar-refractivity contribution in [2.75, 3.05) is 6.61 Å². The highest BCUT2D eigenvalue weighted by molar-refractivity contribution is 5.44. The van der Waals surface area contributed by atoms with Gasteiger partial charge in [-0.05, 0) is 48.8 Å². The minimum absolute atomic E-state index is 0.222. The Morgan fingerprint density at radius 1 is 1.18 bits per heavy atom. The summed E-state index contributed by atoms with van der Waals surface area (Å²) in [5.74, 6) is 1.86. The van der Waals surface area contributed by atoms with Crippen LogP contribution in [0, 0.1) is 5.92 Å². The molecular weight excluding hydrogens is 210 g/mol. The van der Waals surface area contributed by atoms with Crippen LogP contribution in [-0.4, -0.2) is 6.61 Å². The number of hydrogen-bond donors (Lipinski definition) is 1. The van der Waals surface area contributed by atoms with Crippen molar-refractivity contribution < 1.29 is 4.74 Å². The largest absolute Gasteiger partial charge is 0.493 e. The Balaban J connectivity index is 1.71. The molecule has 1 fully saturated rings. The van der Waals surface area contributed by atoms with Gasteiger partial charge in [-0.3, -0.25) is 0 Å². The molecule has 3 rings (SSSR count). The topological polar surface area (TPSA) is 35.2 Å². The van der Waals surface area contributed by atoms with E-state index < -0.39 is 0 Å². The average Bonchev–Trinajstić information content (AvgIpc) is 2.97. The SMILES string of the molecule is NC1CCc2c(OCC3CCCC3)cccc21. The van der Waals surface area contributed by atoms with Crippen molar-refractivity contribution in [1.29, 1.82) is 0 Å². The van der Waals surface area contributed by atoms with Gasteiger partial charge in [0.15, 0.2) is 0 Å². The number of benzene rings is 1. The second-order valence-corrected chi connectivity index (χ2v) is 5.43. The van der Waals surface area contributed by atoms with Crippen molar-refractivity contribution in [2.45, 2.75) is 44.6 Å². The highest BCUT2D eigenvalue weighted by Gasteiger charge is 2.23. The Morgan fingerprint density at radius 2 is 2.00 bits per heavy atom. The Hall–Kier alpha value is -1.02. The van der Waals surface area contributed by atoms with E-state index in [1.807, 2.05) is 0 Å². The third kappa shape index (κ3) is 2.19. The molecule has 2 aliphatic carbocycles. The van der Waals surface area contributed by atoms with Crippen molar-refractivity contribution in [3.05, 3.63) is 29.3 Å². The van der Waals surface area contributed by atoms with E-state index >= 15 is 0 Å². The summed E-state index contributed by atoms with van der Waals surface area (Å²) in [5, 5.41) is 0. The van der Waals surface area contributed by atoms with Crippen LogP contribution in [0.15, 0.2) is 18.2 Å². The van der Waals surface area contributed by atoms with E-state index in [1.165, 1.54) is 36.8 Å². The molecule has 1 saturated carbocycles. The highest BCUT2D eigenvalue weighted by atomic mass is 16.5. The van der Waals surface area contributed by atoms with Crippen LogP contribution in [0.5, 0.6) is 5.75 Å². The zero-order valence-corrected chi connectivity index (χ0v) is 10.3. The van der Waals surface area contributed by atoms with Gasteiger partial charge in [-0.2, -0.15) is 0 Å². The molecule has 0 radical (unpaired) electrons. The number of hydrogen-bond acceptors (Lipinski definition) is 2. The van der Waals surface area contributed by atoms with Crippen molar-refractivity contribution in [3.63, 3.8) is 0 Å². The predicted molar refractivity (Wildman–Crippen MR) is 69.1 cm³/mol. The fourth-order valence-electron chi connectivity index (χ4n) is 3.17. The second-order valence-electron chi connectivity index (χ2n) is 5.43. The third-order valence-electron chi connectivity index (χ3n) is 4.22. The summed E-state index contributed by atoms with van der Waals surface area (Å²) < 4.78 is 6.03. The fraction of sp³-hybridized carbons (Fsp3) is 0.600. The molecule has 2 nitrogen and oxygen atoms in total. The lowest BCUT2D eigenvalue weighted by Crippen LogP contribution is -2.09. The maximum atomic E-state index is 6.08. The van der Waals surface area contributed by atoms with Crippen LogP contribution < -0.4 is 10.5 Å². The maximum absolute atomic E-state index is 6.08. The molecule has 17 heavy (non-hydrogen) atoms. The molecule has 0 amide bonds. The average molecular weight is 231 g/mol. The summed E-state index contributed by atoms with van der Waals surface area (Å²) in [4.78, 5) is 0. The van der Waals surface area contributed by atoms with E-state index in [-0.39, 0.29) is 6.04 Å². The van der Waals surface area contributed by atoms with Gasteiger partial charge in [-0.25, -0.2) is 0 Å². The van der Waals surface area contributed by atoms with E-state index in [0.29, 0.717) is 0 Å². The van der Waals surface area contributed by atoms with E-state index in [1.54, 1.807) is 0 Å². The zero-order valence-electron chi connectivity index (χ0n) is 10.3. The Labute approximate surface area is 103 Å². The lowest BCUT2D eigenvalue weighted by molar-refractivity contribution is 0.250. The molecular formula is C15H21NO. The zero-order chi connectivity index (χ0) is 11.7. The van der Waals surface area contributed by atoms with Gasteiger partial charge in [-0.1, -0.05) is 25.0 Å². The summed E-state index contributed by atoms with van der Waals surface area (Å²) in [6, 6.07) is 6.55. The van der Waals surface area contributed by atoms with Crippen LogP contribution in [0.3, 0.4) is 0 Å².